The SMILES string of the molecule is CC(=O)N1CCc2cc(NS(=O)(=O)c3cccc([N+](=O)[O-])c3)ccc21. The number of amides is 1. The molecule has 2 aromatic rings. The number of hydrogen-bond acceptors (Lipinski definition) is 5. The van der Waals surface area contributed by atoms with Crippen molar-refractivity contribution in [3.63, 3.8) is 0 Å². The Bertz CT molecular complexity index is 971. The Hall–Kier alpha value is -2.94. The van der Waals surface area contributed by atoms with Crippen molar-refractivity contribution in [1.29, 1.82) is 0 Å². The van der Waals surface area contributed by atoms with Gasteiger partial charge in [0.05, 0.1) is 9.82 Å². The molecule has 9 heteroatoms. The molecule has 1 N–H and O–H groups in total. The van der Waals surface area contributed by atoms with E-state index in [-0.39, 0.29) is 16.5 Å². The van der Waals surface area contributed by atoms with Gasteiger partial charge in [-0.15, -0.1) is 0 Å². The van der Waals surface area contributed by atoms with Gasteiger partial charge in [-0.25, -0.2) is 8.42 Å². The number of nitro benzene ring substituents is 1. The topological polar surface area (TPSA) is 110 Å². The van der Waals surface area contributed by atoms with Crippen molar-refractivity contribution in [2.45, 2.75) is 18.2 Å². The van der Waals surface area contributed by atoms with E-state index in [1.165, 1.54) is 25.1 Å². The number of benzene rings is 2. The van der Waals surface area contributed by atoms with Gasteiger partial charge in [-0.2, -0.15) is 0 Å². The highest BCUT2D eigenvalue weighted by atomic mass is 32.2. The van der Waals surface area contributed by atoms with E-state index in [1.54, 1.807) is 23.1 Å². The maximum Gasteiger partial charge on any atom is 0.270 e. The predicted octanol–water partition coefficient (Wildman–Crippen LogP) is 2.30. The Kier molecular flexibility index (Phi) is 4.17. The van der Waals surface area contributed by atoms with E-state index in [0.717, 1.165) is 17.3 Å². The van der Waals surface area contributed by atoms with Crippen molar-refractivity contribution in [2.75, 3.05) is 16.2 Å². The molecular weight excluding hydrogens is 346 g/mol. The maximum absolute atomic E-state index is 12.5. The Labute approximate surface area is 144 Å². The second-order valence-corrected chi connectivity index (χ2v) is 7.31. The zero-order chi connectivity index (χ0) is 18.2. The number of hydrogen-bond donors (Lipinski definition) is 1. The van der Waals surface area contributed by atoms with Gasteiger partial charge in [-0.3, -0.25) is 19.6 Å². The van der Waals surface area contributed by atoms with E-state index < -0.39 is 14.9 Å². The van der Waals surface area contributed by atoms with E-state index >= 15 is 0 Å². The van der Waals surface area contributed by atoms with Crippen molar-refractivity contribution in [2.24, 2.45) is 0 Å². The fraction of sp³-hybridized carbons (Fsp3) is 0.188. The molecule has 25 heavy (non-hydrogen) atoms. The molecule has 0 bridgehead atoms. The fourth-order valence-corrected chi connectivity index (χ4v) is 3.86. The molecule has 1 aliphatic rings. The van der Waals surface area contributed by atoms with Crippen molar-refractivity contribution >= 4 is 33.0 Å². The van der Waals surface area contributed by atoms with Crippen LogP contribution < -0.4 is 9.62 Å². The first-order chi connectivity index (χ1) is 11.8. The smallest absolute Gasteiger partial charge is 0.270 e. The molecule has 0 saturated heterocycles. The molecule has 0 radical (unpaired) electrons. The molecular formula is C16H15N3O5S. The molecule has 1 amide bonds. The van der Waals surface area contributed by atoms with Gasteiger partial charge in [-0.05, 0) is 36.2 Å². The lowest BCUT2D eigenvalue weighted by molar-refractivity contribution is -0.385. The molecule has 0 atom stereocenters. The number of carbonyl (C=O) groups is 1. The number of rotatable bonds is 4. The van der Waals surface area contributed by atoms with Crippen molar-refractivity contribution in [1.82, 2.24) is 0 Å². The second kappa shape index (κ2) is 6.17. The van der Waals surface area contributed by atoms with Gasteiger partial charge >= 0.3 is 0 Å². The van der Waals surface area contributed by atoms with Gasteiger partial charge in [0.2, 0.25) is 5.91 Å². The van der Waals surface area contributed by atoms with E-state index in [9.17, 15) is 23.3 Å². The normalized spacial score (nSPS) is 13.4. The van der Waals surface area contributed by atoms with Crippen LogP contribution in [0.2, 0.25) is 0 Å². The minimum absolute atomic E-state index is 0.0660. The van der Waals surface area contributed by atoms with E-state index in [2.05, 4.69) is 4.72 Å². The Morgan fingerprint density at radius 1 is 1.24 bits per heavy atom. The Morgan fingerprint density at radius 3 is 2.68 bits per heavy atom. The lowest BCUT2D eigenvalue weighted by Crippen LogP contribution is -2.25. The van der Waals surface area contributed by atoms with Crippen LogP contribution in [0.3, 0.4) is 0 Å². The number of non-ortho nitro benzene ring substituents is 1. The summed E-state index contributed by atoms with van der Waals surface area (Å²) < 4.78 is 27.3. The third kappa shape index (κ3) is 3.31. The molecule has 0 fully saturated rings. The van der Waals surface area contributed by atoms with E-state index in [1.807, 2.05) is 0 Å². The van der Waals surface area contributed by atoms with Crippen molar-refractivity contribution in [3.05, 3.63) is 58.1 Å². The van der Waals surface area contributed by atoms with Crippen LogP contribution >= 0.6 is 0 Å². The molecule has 2 aromatic carbocycles. The van der Waals surface area contributed by atoms with Gasteiger partial charge in [0.1, 0.15) is 0 Å². The van der Waals surface area contributed by atoms with Crippen LogP contribution in [-0.2, 0) is 21.2 Å². The van der Waals surface area contributed by atoms with Gasteiger partial charge in [-0.1, -0.05) is 6.07 Å². The molecule has 3 rings (SSSR count). The first kappa shape index (κ1) is 16.9. The first-order valence-electron chi connectivity index (χ1n) is 7.46. The van der Waals surface area contributed by atoms with E-state index in [0.29, 0.717) is 18.7 Å². The monoisotopic (exact) mass is 361 g/mol. The molecule has 0 aromatic heterocycles. The summed E-state index contributed by atoms with van der Waals surface area (Å²) in [5, 5.41) is 10.8. The largest absolute Gasteiger partial charge is 0.312 e. The third-order valence-corrected chi connectivity index (χ3v) is 5.33. The predicted molar refractivity (Wildman–Crippen MR) is 92.1 cm³/mol. The summed E-state index contributed by atoms with van der Waals surface area (Å²) in [4.78, 5) is 23.2. The van der Waals surface area contributed by atoms with Crippen LogP contribution in [0.25, 0.3) is 0 Å². The summed E-state index contributed by atoms with van der Waals surface area (Å²) >= 11 is 0. The highest BCUT2D eigenvalue weighted by molar-refractivity contribution is 7.92. The van der Waals surface area contributed by atoms with Crippen LogP contribution in [0.5, 0.6) is 0 Å². The van der Waals surface area contributed by atoms with Crippen LogP contribution in [0.1, 0.15) is 12.5 Å². The minimum Gasteiger partial charge on any atom is -0.312 e. The number of nitrogens with one attached hydrogen (secondary N) is 1. The fourth-order valence-electron chi connectivity index (χ4n) is 2.77. The highest BCUT2D eigenvalue weighted by Gasteiger charge is 2.23. The Balaban J connectivity index is 1.88. The summed E-state index contributed by atoms with van der Waals surface area (Å²) in [5.74, 6) is -0.0660. The summed E-state index contributed by atoms with van der Waals surface area (Å²) in [6.45, 7) is 2.04. The summed E-state index contributed by atoms with van der Waals surface area (Å²) in [7, 11) is -3.95. The van der Waals surface area contributed by atoms with Crippen molar-refractivity contribution < 1.29 is 18.1 Å². The first-order valence-corrected chi connectivity index (χ1v) is 8.94. The van der Waals surface area contributed by atoms with Gasteiger partial charge in [0.25, 0.3) is 15.7 Å². The average Bonchev–Trinajstić information content (AvgIpc) is 2.98. The zero-order valence-corrected chi connectivity index (χ0v) is 14.1. The number of sulfonamides is 1. The molecule has 8 nitrogen and oxygen atoms in total. The average molecular weight is 361 g/mol. The second-order valence-electron chi connectivity index (χ2n) is 5.62. The number of fused-ring (bicyclic) bond motifs is 1. The highest BCUT2D eigenvalue weighted by Crippen LogP contribution is 2.31. The Morgan fingerprint density at radius 2 is 2.00 bits per heavy atom. The zero-order valence-electron chi connectivity index (χ0n) is 13.3. The maximum atomic E-state index is 12.5. The molecule has 1 aliphatic heterocycles. The number of nitro groups is 1. The molecule has 1 heterocycles. The summed E-state index contributed by atoms with van der Waals surface area (Å²) in [5.41, 5.74) is 1.69. The third-order valence-electron chi connectivity index (χ3n) is 3.95. The number of nitrogens with zero attached hydrogens (tertiary/aromatic N) is 2. The lowest BCUT2D eigenvalue weighted by Gasteiger charge is -2.15. The van der Waals surface area contributed by atoms with Crippen LogP contribution in [0.15, 0.2) is 47.4 Å². The molecule has 0 saturated carbocycles. The number of carbonyl (C=O) groups excluding carboxylic acids is 1. The standard InChI is InChI=1S/C16H15N3O5S/c1-11(20)18-8-7-12-9-13(5-6-16(12)18)17-25(23,24)15-4-2-3-14(10-15)19(21)22/h2-6,9-10,17H,7-8H2,1H3. The minimum atomic E-state index is -3.95. The van der Waals surface area contributed by atoms with Crippen LogP contribution in [0.4, 0.5) is 17.1 Å². The van der Waals surface area contributed by atoms with Crippen LogP contribution in [-0.4, -0.2) is 25.8 Å². The summed E-state index contributed by atoms with van der Waals surface area (Å²) in [6, 6.07) is 9.77. The molecule has 130 valence electrons. The lowest BCUT2D eigenvalue weighted by atomic mass is 10.1. The van der Waals surface area contributed by atoms with E-state index in [4.69, 9.17) is 0 Å². The van der Waals surface area contributed by atoms with Gasteiger partial charge in [0.15, 0.2) is 0 Å². The molecule has 0 unspecified atom stereocenters. The molecule has 0 aliphatic carbocycles. The van der Waals surface area contributed by atoms with Crippen molar-refractivity contribution in [3.8, 4) is 0 Å². The van der Waals surface area contributed by atoms with Gasteiger partial charge < -0.3 is 4.90 Å². The van der Waals surface area contributed by atoms with Crippen LogP contribution in [0, 0.1) is 10.1 Å². The molecule has 0 spiro atoms. The van der Waals surface area contributed by atoms with Gasteiger partial charge in [0, 0.05) is 37.0 Å². The number of anilines is 2. The quantitative estimate of drug-likeness (QED) is 0.664. The summed E-state index contributed by atoms with van der Waals surface area (Å²) in [6.07, 6.45) is 0.640.